The van der Waals surface area contributed by atoms with Gasteiger partial charge in [0.25, 0.3) is 0 Å². The topological polar surface area (TPSA) is 72.9 Å². The van der Waals surface area contributed by atoms with E-state index in [0.717, 1.165) is 19.3 Å². The van der Waals surface area contributed by atoms with Crippen LogP contribution in [0.25, 0.3) is 5.69 Å². The van der Waals surface area contributed by atoms with Crippen LogP contribution < -0.4 is 11.1 Å². The number of imidazole rings is 1. The van der Waals surface area contributed by atoms with E-state index in [0.29, 0.717) is 24.1 Å². The third kappa shape index (κ3) is 3.42. The lowest BCUT2D eigenvalue weighted by Crippen LogP contribution is -2.54. The van der Waals surface area contributed by atoms with Gasteiger partial charge in [-0.3, -0.25) is 4.79 Å². The quantitative estimate of drug-likeness (QED) is 0.909. The molecule has 1 aromatic heterocycles. The highest BCUT2D eigenvalue weighted by atomic mass is 19.1. The summed E-state index contributed by atoms with van der Waals surface area (Å²) in [7, 11) is 0. The van der Waals surface area contributed by atoms with E-state index in [-0.39, 0.29) is 18.3 Å². The van der Waals surface area contributed by atoms with Gasteiger partial charge in [0.2, 0.25) is 5.91 Å². The molecule has 3 N–H and O–H groups in total. The van der Waals surface area contributed by atoms with Crippen LogP contribution in [-0.2, 0) is 11.3 Å². The van der Waals surface area contributed by atoms with E-state index in [1.54, 1.807) is 35.4 Å². The summed E-state index contributed by atoms with van der Waals surface area (Å²) < 4.78 is 15.8. The normalized spacial score (nSPS) is 17.0. The van der Waals surface area contributed by atoms with E-state index >= 15 is 0 Å². The van der Waals surface area contributed by atoms with Crippen molar-refractivity contribution in [2.24, 2.45) is 5.73 Å². The number of benzene rings is 1. The molecule has 0 saturated heterocycles. The van der Waals surface area contributed by atoms with Crippen molar-refractivity contribution in [3.63, 3.8) is 0 Å². The van der Waals surface area contributed by atoms with Gasteiger partial charge in [-0.2, -0.15) is 0 Å². The van der Waals surface area contributed by atoms with Crippen LogP contribution in [0.5, 0.6) is 0 Å². The highest BCUT2D eigenvalue weighted by Gasteiger charge is 2.34. The Kier molecular flexibility index (Phi) is 4.43. The Balaban J connectivity index is 1.64. The van der Waals surface area contributed by atoms with Gasteiger partial charge in [0.1, 0.15) is 5.82 Å². The van der Waals surface area contributed by atoms with E-state index in [1.807, 2.05) is 0 Å². The standard InChI is InChI=1S/C17H21FN4O/c18-14-10-13(4-5-15(14)22-9-8-20-12-22)11-21-16(23)17(19)6-2-1-3-7-17/h4-5,8-10,12H,1-3,6-7,11,19H2,(H,21,23). The monoisotopic (exact) mass is 316 g/mol. The first-order chi connectivity index (χ1) is 11.1. The van der Waals surface area contributed by atoms with Gasteiger partial charge < -0.3 is 15.6 Å². The zero-order valence-electron chi connectivity index (χ0n) is 13.0. The smallest absolute Gasteiger partial charge is 0.240 e. The summed E-state index contributed by atoms with van der Waals surface area (Å²) >= 11 is 0. The van der Waals surface area contributed by atoms with Gasteiger partial charge in [-0.05, 0) is 30.5 Å². The molecular weight excluding hydrogens is 295 g/mol. The largest absolute Gasteiger partial charge is 0.350 e. The summed E-state index contributed by atoms with van der Waals surface area (Å²) in [5.41, 5.74) is 6.56. The first-order valence-electron chi connectivity index (χ1n) is 7.92. The van der Waals surface area contributed by atoms with Crippen LogP contribution in [0, 0.1) is 5.82 Å². The first-order valence-corrected chi connectivity index (χ1v) is 7.92. The van der Waals surface area contributed by atoms with Crippen molar-refractivity contribution in [3.05, 3.63) is 48.3 Å². The van der Waals surface area contributed by atoms with E-state index in [2.05, 4.69) is 10.3 Å². The molecule has 1 fully saturated rings. The minimum absolute atomic E-state index is 0.142. The molecule has 1 aromatic carbocycles. The average Bonchev–Trinajstić information content (AvgIpc) is 3.07. The van der Waals surface area contributed by atoms with Crippen molar-refractivity contribution in [1.29, 1.82) is 0 Å². The molecule has 122 valence electrons. The van der Waals surface area contributed by atoms with Gasteiger partial charge in [-0.1, -0.05) is 25.3 Å². The van der Waals surface area contributed by atoms with Crippen molar-refractivity contribution in [2.75, 3.05) is 0 Å². The number of nitrogens with one attached hydrogen (secondary N) is 1. The molecule has 5 nitrogen and oxygen atoms in total. The molecule has 3 rings (SSSR count). The molecule has 1 heterocycles. The molecule has 0 atom stereocenters. The fraction of sp³-hybridized carbons (Fsp3) is 0.412. The molecule has 2 aromatic rings. The first kappa shape index (κ1) is 15.7. The van der Waals surface area contributed by atoms with E-state index in [4.69, 9.17) is 5.73 Å². The minimum atomic E-state index is -0.770. The second-order valence-corrected chi connectivity index (χ2v) is 6.16. The Morgan fingerprint density at radius 1 is 1.35 bits per heavy atom. The number of carbonyl (C=O) groups is 1. The average molecular weight is 316 g/mol. The fourth-order valence-corrected chi connectivity index (χ4v) is 3.04. The van der Waals surface area contributed by atoms with E-state index < -0.39 is 5.54 Å². The van der Waals surface area contributed by atoms with Gasteiger partial charge >= 0.3 is 0 Å². The summed E-state index contributed by atoms with van der Waals surface area (Å²) in [4.78, 5) is 16.2. The van der Waals surface area contributed by atoms with Crippen LogP contribution in [0.1, 0.15) is 37.7 Å². The molecule has 1 aliphatic rings. The van der Waals surface area contributed by atoms with E-state index in [9.17, 15) is 9.18 Å². The Hall–Kier alpha value is -2.21. The van der Waals surface area contributed by atoms with Crippen LogP contribution in [0.3, 0.4) is 0 Å². The predicted molar refractivity (Wildman–Crippen MR) is 85.4 cm³/mol. The van der Waals surface area contributed by atoms with Crippen molar-refractivity contribution in [3.8, 4) is 5.69 Å². The molecule has 0 bridgehead atoms. The van der Waals surface area contributed by atoms with Crippen LogP contribution in [-0.4, -0.2) is 21.0 Å². The van der Waals surface area contributed by atoms with Gasteiger partial charge in [0, 0.05) is 18.9 Å². The Morgan fingerprint density at radius 2 is 2.13 bits per heavy atom. The molecule has 0 aliphatic heterocycles. The molecule has 0 radical (unpaired) electrons. The number of carbonyl (C=O) groups excluding carboxylic acids is 1. The molecule has 23 heavy (non-hydrogen) atoms. The van der Waals surface area contributed by atoms with Crippen LogP contribution in [0.15, 0.2) is 36.9 Å². The van der Waals surface area contributed by atoms with Crippen molar-refractivity contribution in [2.45, 2.75) is 44.2 Å². The van der Waals surface area contributed by atoms with Gasteiger partial charge in [0.05, 0.1) is 17.6 Å². The summed E-state index contributed by atoms with van der Waals surface area (Å²) in [6, 6.07) is 4.90. The molecule has 0 unspecified atom stereocenters. The van der Waals surface area contributed by atoms with Gasteiger partial charge in [-0.15, -0.1) is 0 Å². The second-order valence-electron chi connectivity index (χ2n) is 6.16. The highest BCUT2D eigenvalue weighted by Crippen LogP contribution is 2.26. The maximum atomic E-state index is 14.2. The maximum Gasteiger partial charge on any atom is 0.240 e. The van der Waals surface area contributed by atoms with Crippen molar-refractivity contribution >= 4 is 5.91 Å². The molecule has 6 heteroatoms. The lowest BCUT2D eigenvalue weighted by molar-refractivity contribution is -0.127. The molecule has 0 spiro atoms. The lowest BCUT2D eigenvalue weighted by atomic mass is 9.82. The number of rotatable bonds is 4. The molecule has 1 aliphatic carbocycles. The summed E-state index contributed by atoms with van der Waals surface area (Å²) in [6.45, 7) is 0.277. The van der Waals surface area contributed by atoms with Crippen LogP contribution in [0.2, 0.25) is 0 Å². The Bertz CT molecular complexity index is 678. The third-order valence-corrected chi connectivity index (χ3v) is 4.45. The SMILES string of the molecule is NC1(C(=O)NCc2ccc(-n3ccnc3)c(F)c2)CCCCC1. The number of amides is 1. The van der Waals surface area contributed by atoms with Crippen molar-refractivity contribution in [1.82, 2.24) is 14.9 Å². The number of nitrogens with two attached hydrogens (primary N) is 1. The Morgan fingerprint density at radius 3 is 2.78 bits per heavy atom. The van der Waals surface area contributed by atoms with Crippen LogP contribution >= 0.6 is 0 Å². The third-order valence-electron chi connectivity index (χ3n) is 4.45. The fourth-order valence-electron chi connectivity index (χ4n) is 3.04. The predicted octanol–water partition coefficient (Wildman–Crippen LogP) is 2.29. The van der Waals surface area contributed by atoms with Crippen LogP contribution in [0.4, 0.5) is 4.39 Å². The highest BCUT2D eigenvalue weighted by molar-refractivity contribution is 5.86. The number of halogens is 1. The summed E-state index contributed by atoms with van der Waals surface area (Å²) in [5.74, 6) is -0.494. The zero-order chi connectivity index (χ0) is 16.3. The number of hydrogen-bond donors (Lipinski definition) is 2. The summed E-state index contributed by atoms with van der Waals surface area (Å²) in [6.07, 6.45) is 9.35. The Labute approximate surface area is 134 Å². The molecule has 1 amide bonds. The number of nitrogens with zero attached hydrogens (tertiary/aromatic N) is 2. The number of aromatic nitrogens is 2. The molecule has 1 saturated carbocycles. The lowest BCUT2D eigenvalue weighted by Gasteiger charge is -2.31. The second kappa shape index (κ2) is 6.50. The minimum Gasteiger partial charge on any atom is -0.350 e. The molecular formula is C17H21FN4O. The van der Waals surface area contributed by atoms with E-state index in [1.165, 1.54) is 6.07 Å². The van der Waals surface area contributed by atoms with Crippen molar-refractivity contribution < 1.29 is 9.18 Å². The maximum absolute atomic E-state index is 14.2. The number of hydrogen-bond acceptors (Lipinski definition) is 3. The zero-order valence-corrected chi connectivity index (χ0v) is 13.0. The summed E-state index contributed by atoms with van der Waals surface area (Å²) in [5, 5.41) is 2.84. The van der Waals surface area contributed by atoms with Gasteiger partial charge in [0.15, 0.2) is 0 Å². The van der Waals surface area contributed by atoms with Gasteiger partial charge in [-0.25, -0.2) is 9.37 Å².